The van der Waals surface area contributed by atoms with Gasteiger partial charge in [-0.15, -0.1) is 0 Å². The third-order valence-corrected chi connectivity index (χ3v) is 4.58. The second kappa shape index (κ2) is 7.77. The summed E-state index contributed by atoms with van der Waals surface area (Å²) in [4.78, 5) is 10.9. The van der Waals surface area contributed by atoms with Gasteiger partial charge in [0.2, 0.25) is 5.88 Å². The maximum atomic E-state index is 9.53. The normalized spacial score (nSPS) is 13.4. The molecule has 136 valence electrons. The third kappa shape index (κ3) is 3.49. The summed E-state index contributed by atoms with van der Waals surface area (Å²) >= 11 is 0. The average molecular weight is 366 g/mol. The molecule has 0 fully saturated rings. The average Bonchev–Trinajstić information content (AvgIpc) is 2.79. The van der Waals surface area contributed by atoms with E-state index in [1.54, 1.807) is 19.5 Å². The van der Waals surface area contributed by atoms with Gasteiger partial charge >= 0.3 is 0 Å². The fraction of sp³-hybridized carbons (Fsp3) is 0.0870. The van der Waals surface area contributed by atoms with Gasteiger partial charge in [-0.3, -0.25) is 4.98 Å². The lowest BCUT2D eigenvalue weighted by Crippen LogP contribution is -2.23. The molecule has 0 bridgehead atoms. The molecular formula is C23H18N4O. The van der Waals surface area contributed by atoms with Crippen molar-refractivity contribution in [1.29, 1.82) is 5.26 Å². The molecule has 28 heavy (non-hydrogen) atoms. The van der Waals surface area contributed by atoms with Crippen LogP contribution in [0.5, 0.6) is 5.88 Å². The van der Waals surface area contributed by atoms with Crippen LogP contribution in [0.3, 0.4) is 0 Å². The van der Waals surface area contributed by atoms with Crippen LogP contribution in [-0.2, 0) is 0 Å². The largest absolute Gasteiger partial charge is 0.481 e. The van der Waals surface area contributed by atoms with E-state index >= 15 is 0 Å². The second-order valence-corrected chi connectivity index (χ2v) is 6.31. The highest BCUT2D eigenvalue weighted by atomic mass is 16.5. The van der Waals surface area contributed by atoms with Crippen LogP contribution < -0.4 is 9.64 Å². The molecule has 0 N–H and O–H groups in total. The Kier molecular flexibility index (Phi) is 4.85. The molecule has 1 aliphatic heterocycles. The van der Waals surface area contributed by atoms with Crippen LogP contribution in [0.15, 0.2) is 79.3 Å². The number of pyridine rings is 2. The quantitative estimate of drug-likeness (QED) is 0.689. The molecule has 0 radical (unpaired) electrons. The number of anilines is 1. The zero-order chi connectivity index (χ0) is 19.3. The zero-order valence-electron chi connectivity index (χ0n) is 15.4. The number of rotatable bonds is 4. The standard InChI is InChI=1S/C23H18N4O/c1-28-23-10-9-20(14-26-23)27-15-18(21-7-3-2-6-17(21)13-24)12-19(16-27)22-8-4-5-11-25-22/h2-12,14,16H,15H2,1H3. The maximum Gasteiger partial charge on any atom is 0.213 e. The van der Waals surface area contributed by atoms with Gasteiger partial charge in [0.25, 0.3) is 0 Å². The number of methoxy groups -OCH3 is 1. The molecule has 0 unspecified atom stereocenters. The van der Waals surface area contributed by atoms with Crippen molar-refractivity contribution in [2.75, 3.05) is 18.6 Å². The number of benzene rings is 1. The summed E-state index contributed by atoms with van der Waals surface area (Å²) in [6.07, 6.45) is 7.72. The summed E-state index contributed by atoms with van der Waals surface area (Å²) in [5.74, 6) is 0.570. The van der Waals surface area contributed by atoms with E-state index in [0.29, 0.717) is 18.0 Å². The topological polar surface area (TPSA) is 62.0 Å². The van der Waals surface area contributed by atoms with Gasteiger partial charge in [-0.2, -0.15) is 5.26 Å². The smallest absolute Gasteiger partial charge is 0.213 e. The molecule has 0 aliphatic carbocycles. The van der Waals surface area contributed by atoms with E-state index in [4.69, 9.17) is 4.74 Å². The highest BCUT2D eigenvalue weighted by molar-refractivity contribution is 5.89. The minimum atomic E-state index is 0.570. The van der Waals surface area contributed by atoms with Crippen LogP contribution in [0.4, 0.5) is 5.69 Å². The Hall–Kier alpha value is -3.91. The lowest BCUT2D eigenvalue weighted by Gasteiger charge is -2.27. The van der Waals surface area contributed by atoms with E-state index in [9.17, 15) is 5.26 Å². The number of aromatic nitrogens is 2. The van der Waals surface area contributed by atoms with Crippen LogP contribution in [0.1, 0.15) is 16.8 Å². The molecule has 5 nitrogen and oxygen atoms in total. The molecule has 2 aromatic heterocycles. The number of hydrogen-bond acceptors (Lipinski definition) is 5. The minimum absolute atomic E-state index is 0.570. The molecule has 0 amide bonds. The molecule has 0 spiro atoms. The van der Waals surface area contributed by atoms with Crippen LogP contribution in [0, 0.1) is 11.3 Å². The van der Waals surface area contributed by atoms with Crippen molar-refractivity contribution in [3.05, 3.63) is 96.1 Å². The first kappa shape index (κ1) is 17.5. The molecule has 0 saturated heterocycles. The minimum Gasteiger partial charge on any atom is -0.481 e. The van der Waals surface area contributed by atoms with Gasteiger partial charge in [0.15, 0.2) is 0 Å². The Morgan fingerprint density at radius 3 is 2.61 bits per heavy atom. The molecule has 4 rings (SSSR count). The predicted molar refractivity (Wildman–Crippen MR) is 109 cm³/mol. The van der Waals surface area contributed by atoms with Crippen molar-refractivity contribution in [2.24, 2.45) is 0 Å². The Morgan fingerprint density at radius 1 is 1.04 bits per heavy atom. The molecule has 1 aliphatic rings. The Bertz CT molecular complexity index is 1080. The monoisotopic (exact) mass is 366 g/mol. The van der Waals surface area contributed by atoms with E-state index in [-0.39, 0.29) is 0 Å². The number of ether oxygens (including phenoxy) is 1. The van der Waals surface area contributed by atoms with E-state index < -0.39 is 0 Å². The third-order valence-electron chi connectivity index (χ3n) is 4.58. The summed E-state index contributed by atoms with van der Waals surface area (Å²) in [7, 11) is 1.60. The number of nitriles is 1. The number of nitrogens with zero attached hydrogens (tertiary/aromatic N) is 4. The SMILES string of the molecule is COc1ccc(N2C=C(c3ccccn3)C=C(c3ccccc3C#N)C2)cn1. The number of hydrogen-bond donors (Lipinski definition) is 0. The Morgan fingerprint density at radius 2 is 1.89 bits per heavy atom. The van der Waals surface area contributed by atoms with Crippen LogP contribution in [0.25, 0.3) is 11.1 Å². The summed E-state index contributed by atoms with van der Waals surface area (Å²) < 4.78 is 5.17. The fourth-order valence-electron chi connectivity index (χ4n) is 3.19. The molecule has 3 heterocycles. The molecule has 0 saturated carbocycles. The van der Waals surface area contributed by atoms with Crippen molar-refractivity contribution >= 4 is 16.8 Å². The lowest BCUT2D eigenvalue weighted by atomic mass is 9.95. The summed E-state index contributed by atoms with van der Waals surface area (Å²) in [6, 6.07) is 19.6. The summed E-state index contributed by atoms with van der Waals surface area (Å²) in [5.41, 5.74) is 5.43. The predicted octanol–water partition coefficient (Wildman–Crippen LogP) is 4.30. The number of allylic oxidation sites excluding steroid dienone is 2. The zero-order valence-corrected chi connectivity index (χ0v) is 15.4. The fourth-order valence-corrected chi connectivity index (χ4v) is 3.19. The first-order chi connectivity index (χ1) is 13.8. The Labute approximate surface area is 163 Å². The van der Waals surface area contributed by atoms with Gasteiger partial charge in [-0.1, -0.05) is 24.3 Å². The first-order valence-electron chi connectivity index (χ1n) is 8.88. The van der Waals surface area contributed by atoms with E-state index in [1.165, 1.54) is 0 Å². The van der Waals surface area contributed by atoms with E-state index in [2.05, 4.69) is 33.2 Å². The van der Waals surface area contributed by atoms with Gasteiger partial charge in [-0.25, -0.2) is 4.98 Å². The van der Waals surface area contributed by atoms with Crippen LogP contribution >= 0.6 is 0 Å². The first-order valence-corrected chi connectivity index (χ1v) is 8.88. The van der Waals surface area contributed by atoms with E-state index in [0.717, 1.165) is 28.1 Å². The van der Waals surface area contributed by atoms with Gasteiger partial charge in [-0.05, 0) is 41.5 Å². The molecule has 1 aromatic carbocycles. The molecular weight excluding hydrogens is 348 g/mol. The van der Waals surface area contributed by atoms with Crippen LogP contribution in [-0.4, -0.2) is 23.6 Å². The highest BCUT2D eigenvalue weighted by Crippen LogP contribution is 2.32. The van der Waals surface area contributed by atoms with Crippen molar-refractivity contribution in [3.63, 3.8) is 0 Å². The van der Waals surface area contributed by atoms with Gasteiger partial charge in [0.05, 0.1) is 36.3 Å². The van der Waals surface area contributed by atoms with Gasteiger partial charge in [0.1, 0.15) is 0 Å². The van der Waals surface area contributed by atoms with Crippen molar-refractivity contribution in [1.82, 2.24) is 9.97 Å². The molecule has 3 aromatic rings. The van der Waals surface area contributed by atoms with Crippen molar-refractivity contribution < 1.29 is 4.74 Å². The van der Waals surface area contributed by atoms with Gasteiger partial charge < -0.3 is 9.64 Å². The van der Waals surface area contributed by atoms with Crippen molar-refractivity contribution in [2.45, 2.75) is 0 Å². The molecule has 0 atom stereocenters. The maximum absolute atomic E-state index is 9.53. The second-order valence-electron chi connectivity index (χ2n) is 6.31. The van der Waals surface area contributed by atoms with Gasteiger partial charge in [0, 0.05) is 30.6 Å². The van der Waals surface area contributed by atoms with Crippen LogP contribution in [0.2, 0.25) is 0 Å². The Balaban J connectivity index is 1.80. The van der Waals surface area contributed by atoms with E-state index in [1.807, 2.05) is 54.6 Å². The van der Waals surface area contributed by atoms with Crippen molar-refractivity contribution in [3.8, 4) is 11.9 Å². The molecule has 5 heteroatoms. The summed E-state index contributed by atoms with van der Waals surface area (Å²) in [5, 5.41) is 9.53. The summed E-state index contributed by atoms with van der Waals surface area (Å²) in [6.45, 7) is 0.628. The highest BCUT2D eigenvalue weighted by Gasteiger charge is 2.19. The lowest BCUT2D eigenvalue weighted by molar-refractivity contribution is 0.398.